The summed E-state index contributed by atoms with van der Waals surface area (Å²) in [6.07, 6.45) is 4.41. The summed E-state index contributed by atoms with van der Waals surface area (Å²) in [5, 5.41) is 9.58. The molecule has 0 atom stereocenters. The van der Waals surface area contributed by atoms with Gasteiger partial charge in [0.15, 0.2) is 0 Å². The molecule has 0 saturated heterocycles. The van der Waals surface area contributed by atoms with Crippen LogP contribution in [0.3, 0.4) is 0 Å². The quantitative estimate of drug-likeness (QED) is 0.489. The number of hydrogen-bond acceptors (Lipinski definition) is 2. The minimum atomic E-state index is -0.00829. The molecule has 2 N–H and O–H groups in total. The summed E-state index contributed by atoms with van der Waals surface area (Å²) in [6, 6.07) is 0. The summed E-state index contributed by atoms with van der Waals surface area (Å²) < 4.78 is 0. The molecule has 0 aliphatic carbocycles. The molecule has 0 radical (unpaired) electrons. The second-order valence-electron chi connectivity index (χ2n) is 2.98. The Morgan fingerprint density at radius 3 is 2.62 bits per heavy atom. The Kier molecular flexibility index (Phi) is 5.52. The first kappa shape index (κ1) is 11.6. The Hall–Kier alpha value is -1.38. The maximum atomic E-state index is 11.1. The van der Waals surface area contributed by atoms with Crippen molar-refractivity contribution < 1.29 is 4.79 Å². The van der Waals surface area contributed by atoms with Gasteiger partial charge in [0.2, 0.25) is 5.91 Å². The van der Waals surface area contributed by atoms with Gasteiger partial charge in [0.25, 0.3) is 0 Å². The smallest absolute Gasteiger partial charge is 0.222 e. The van der Waals surface area contributed by atoms with E-state index in [-0.39, 0.29) is 11.8 Å². The fourth-order valence-electron chi connectivity index (χ4n) is 0.699. The molecule has 0 aliphatic rings. The molecule has 0 spiro atoms. The molecule has 0 saturated carbocycles. The van der Waals surface area contributed by atoms with Gasteiger partial charge in [0.1, 0.15) is 0 Å². The van der Waals surface area contributed by atoms with Crippen molar-refractivity contribution >= 4 is 12.1 Å². The highest BCUT2D eigenvalue weighted by Gasteiger charge is 2.05. The lowest BCUT2D eigenvalue weighted by Gasteiger charge is -2.07. The van der Waals surface area contributed by atoms with E-state index in [4.69, 9.17) is 5.41 Å². The van der Waals surface area contributed by atoms with Gasteiger partial charge in [-0.3, -0.25) is 4.79 Å². The van der Waals surface area contributed by atoms with Crippen molar-refractivity contribution in [3.05, 3.63) is 24.3 Å². The predicted molar refractivity (Wildman–Crippen MR) is 54.9 cm³/mol. The minimum Gasteiger partial charge on any atom is -0.352 e. The highest BCUT2D eigenvalue weighted by atomic mass is 16.1. The normalized spacial score (nSPS) is 11.2. The Morgan fingerprint density at radius 1 is 1.62 bits per heavy atom. The number of amides is 1. The van der Waals surface area contributed by atoms with E-state index < -0.39 is 0 Å². The standard InChI is InChI=1S/C10H16N2O/c1-4-9(5-6-11)7-12-10(13)8(2)3/h4-6,8,11H,1,7H2,2-3H3,(H,12,13)/b9-5+,11-6?. The number of carbonyl (C=O) groups excluding carboxylic acids is 1. The molecule has 1 amide bonds. The summed E-state index contributed by atoms with van der Waals surface area (Å²) in [5.41, 5.74) is 0.837. The summed E-state index contributed by atoms with van der Waals surface area (Å²) in [7, 11) is 0. The Balaban J connectivity index is 3.99. The molecule has 0 unspecified atom stereocenters. The molecule has 0 aliphatic heterocycles. The van der Waals surface area contributed by atoms with Crippen molar-refractivity contribution in [2.45, 2.75) is 13.8 Å². The first-order chi connectivity index (χ1) is 6.11. The minimum absolute atomic E-state index is 0.00829. The van der Waals surface area contributed by atoms with E-state index in [0.29, 0.717) is 6.54 Å². The average Bonchev–Trinajstić information content (AvgIpc) is 2.11. The molecule has 0 bridgehead atoms. The van der Waals surface area contributed by atoms with Crippen molar-refractivity contribution in [1.82, 2.24) is 5.32 Å². The first-order valence-electron chi connectivity index (χ1n) is 4.21. The highest BCUT2D eigenvalue weighted by Crippen LogP contribution is 1.94. The van der Waals surface area contributed by atoms with Crippen LogP contribution in [0.1, 0.15) is 13.8 Å². The molecule has 72 valence electrons. The predicted octanol–water partition coefficient (Wildman–Crippen LogP) is 1.52. The van der Waals surface area contributed by atoms with Gasteiger partial charge in [-0.1, -0.05) is 26.5 Å². The highest BCUT2D eigenvalue weighted by molar-refractivity contribution is 5.78. The Morgan fingerprint density at radius 2 is 2.23 bits per heavy atom. The third kappa shape index (κ3) is 4.95. The SMILES string of the molecule is C=C/C(=C\C=N)CNC(=O)C(C)C. The number of nitrogens with one attached hydrogen (secondary N) is 2. The van der Waals surface area contributed by atoms with Gasteiger partial charge in [-0.05, 0) is 11.6 Å². The molecule has 0 rings (SSSR count). The van der Waals surface area contributed by atoms with Gasteiger partial charge < -0.3 is 10.7 Å². The lowest BCUT2D eigenvalue weighted by molar-refractivity contribution is -0.123. The van der Waals surface area contributed by atoms with Crippen molar-refractivity contribution in [1.29, 1.82) is 5.41 Å². The van der Waals surface area contributed by atoms with E-state index in [0.717, 1.165) is 5.57 Å². The lowest BCUT2D eigenvalue weighted by atomic mass is 10.2. The molecule has 3 nitrogen and oxygen atoms in total. The van der Waals surface area contributed by atoms with Gasteiger partial charge in [0, 0.05) is 18.7 Å². The third-order valence-electron chi connectivity index (χ3n) is 1.55. The maximum absolute atomic E-state index is 11.1. The van der Waals surface area contributed by atoms with Crippen LogP contribution in [0.4, 0.5) is 0 Å². The zero-order chi connectivity index (χ0) is 10.3. The van der Waals surface area contributed by atoms with E-state index in [1.165, 1.54) is 6.21 Å². The number of allylic oxidation sites excluding steroid dienone is 1. The fourth-order valence-corrected chi connectivity index (χ4v) is 0.699. The second-order valence-corrected chi connectivity index (χ2v) is 2.98. The number of rotatable bonds is 5. The summed E-state index contributed by atoms with van der Waals surface area (Å²) in [6.45, 7) is 7.69. The molecular weight excluding hydrogens is 164 g/mol. The summed E-state index contributed by atoms with van der Waals surface area (Å²) in [5.74, 6) is 0.00350. The number of hydrogen-bond donors (Lipinski definition) is 2. The summed E-state index contributed by atoms with van der Waals surface area (Å²) in [4.78, 5) is 11.1. The average molecular weight is 180 g/mol. The molecular formula is C10H16N2O. The van der Waals surface area contributed by atoms with E-state index in [9.17, 15) is 4.79 Å². The van der Waals surface area contributed by atoms with Crippen molar-refractivity contribution in [3.63, 3.8) is 0 Å². The van der Waals surface area contributed by atoms with E-state index in [1.54, 1.807) is 12.2 Å². The van der Waals surface area contributed by atoms with Crippen LogP contribution >= 0.6 is 0 Å². The summed E-state index contributed by atoms with van der Waals surface area (Å²) >= 11 is 0. The monoisotopic (exact) mass is 180 g/mol. The number of carbonyl (C=O) groups is 1. The lowest BCUT2D eigenvalue weighted by Crippen LogP contribution is -2.29. The van der Waals surface area contributed by atoms with Crippen LogP contribution in [0.25, 0.3) is 0 Å². The molecule has 0 aromatic carbocycles. The van der Waals surface area contributed by atoms with Crippen LogP contribution in [-0.2, 0) is 4.79 Å². The van der Waals surface area contributed by atoms with Crippen molar-refractivity contribution in [2.24, 2.45) is 5.92 Å². The third-order valence-corrected chi connectivity index (χ3v) is 1.55. The van der Waals surface area contributed by atoms with Gasteiger partial charge >= 0.3 is 0 Å². The largest absolute Gasteiger partial charge is 0.352 e. The Labute approximate surface area is 79.0 Å². The van der Waals surface area contributed by atoms with Crippen LogP contribution in [0, 0.1) is 11.3 Å². The molecule has 3 heteroatoms. The topological polar surface area (TPSA) is 53.0 Å². The molecule has 0 aromatic heterocycles. The zero-order valence-corrected chi connectivity index (χ0v) is 8.13. The second kappa shape index (κ2) is 6.17. The first-order valence-corrected chi connectivity index (χ1v) is 4.21. The van der Waals surface area contributed by atoms with Gasteiger partial charge in [-0.25, -0.2) is 0 Å². The Bertz CT molecular complexity index is 229. The van der Waals surface area contributed by atoms with Crippen molar-refractivity contribution in [3.8, 4) is 0 Å². The molecule has 13 heavy (non-hydrogen) atoms. The van der Waals surface area contributed by atoms with Crippen LogP contribution < -0.4 is 5.32 Å². The van der Waals surface area contributed by atoms with Gasteiger partial charge in [-0.15, -0.1) is 0 Å². The van der Waals surface area contributed by atoms with Crippen LogP contribution in [0.15, 0.2) is 24.3 Å². The van der Waals surface area contributed by atoms with Crippen LogP contribution in [0.5, 0.6) is 0 Å². The van der Waals surface area contributed by atoms with E-state index >= 15 is 0 Å². The van der Waals surface area contributed by atoms with E-state index in [2.05, 4.69) is 11.9 Å². The van der Waals surface area contributed by atoms with Gasteiger partial charge in [-0.2, -0.15) is 0 Å². The van der Waals surface area contributed by atoms with Crippen molar-refractivity contribution in [2.75, 3.05) is 6.54 Å². The maximum Gasteiger partial charge on any atom is 0.222 e. The van der Waals surface area contributed by atoms with Crippen LogP contribution in [-0.4, -0.2) is 18.7 Å². The fraction of sp³-hybridized carbons (Fsp3) is 0.400. The van der Waals surface area contributed by atoms with Gasteiger partial charge in [0.05, 0.1) is 0 Å². The molecule has 0 heterocycles. The molecule has 0 fully saturated rings. The van der Waals surface area contributed by atoms with E-state index in [1.807, 2.05) is 13.8 Å². The zero-order valence-electron chi connectivity index (χ0n) is 8.13. The molecule has 0 aromatic rings. The van der Waals surface area contributed by atoms with Crippen LogP contribution in [0.2, 0.25) is 0 Å².